The summed E-state index contributed by atoms with van der Waals surface area (Å²) in [5.41, 5.74) is 4.48. The third-order valence-electron chi connectivity index (χ3n) is 6.82. The molecule has 4 rings (SSSR count). The van der Waals surface area contributed by atoms with E-state index >= 15 is 0 Å². The average molecular weight is 403 g/mol. The lowest BCUT2D eigenvalue weighted by molar-refractivity contribution is -0.142. The highest BCUT2D eigenvalue weighted by Gasteiger charge is 2.45. The summed E-state index contributed by atoms with van der Waals surface area (Å²) in [6.45, 7) is 8.36. The van der Waals surface area contributed by atoms with E-state index in [0.717, 1.165) is 24.9 Å². The van der Waals surface area contributed by atoms with Gasteiger partial charge in [-0.25, -0.2) is 0 Å². The number of amides is 2. The fourth-order valence-corrected chi connectivity index (χ4v) is 4.92. The second kappa shape index (κ2) is 8.47. The summed E-state index contributed by atoms with van der Waals surface area (Å²) in [4.78, 5) is 29.9. The standard InChI is InChI=1S/C26H30N2O2/c1-3-20-10-11-22-19-28(15-12-21(22)18-20)25(30)26(23-8-6-5-7-9-23)13-16-27(17-14-26)24(29)4-2/h4-11,18H,2-3,12-17,19H2,1H3. The van der Waals surface area contributed by atoms with E-state index in [1.54, 1.807) is 4.90 Å². The molecule has 0 atom stereocenters. The first kappa shape index (κ1) is 20.4. The molecule has 0 spiro atoms. The van der Waals surface area contributed by atoms with Crippen molar-refractivity contribution in [2.75, 3.05) is 19.6 Å². The Hall–Kier alpha value is -2.88. The normalized spacial score (nSPS) is 17.9. The molecular formula is C26H30N2O2. The van der Waals surface area contributed by atoms with E-state index in [4.69, 9.17) is 0 Å². The van der Waals surface area contributed by atoms with Gasteiger partial charge >= 0.3 is 0 Å². The number of carbonyl (C=O) groups is 2. The molecule has 0 N–H and O–H groups in total. The van der Waals surface area contributed by atoms with Crippen molar-refractivity contribution < 1.29 is 9.59 Å². The lowest BCUT2D eigenvalue weighted by atomic mass is 9.71. The van der Waals surface area contributed by atoms with Crippen molar-refractivity contribution in [3.8, 4) is 0 Å². The number of benzene rings is 2. The lowest BCUT2D eigenvalue weighted by Gasteiger charge is -2.44. The van der Waals surface area contributed by atoms with Crippen LogP contribution in [0.2, 0.25) is 0 Å². The van der Waals surface area contributed by atoms with Crippen LogP contribution >= 0.6 is 0 Å². The van der Waals surface area contributed by atoms with Crippen molar-refractivity contribution in [3.05, 3.63) is 83.4 Å². The van der Waals surface area contributed by atoms with Gasteiger partial charge in [-0.3, -0.25) is 9.59 Å². The maximum absolute atomic E-state index is 14.0. The molecule has 2 aromatic carbocycles. The van der Waals surface area contributed by atoms with Crippen molar-refractivity contribution >= 4 is 11.8 Å². The topological polar surface area (TPSA) is 40.6 Å². The van der Waals surface area contributed by atoms with Gasteiger partial charge in [-0.15, -0.1) is 0 Å². The fraction of sp³-hybridized carbons (Fsp3) is 0.385. The Morgan fingerprint density at radius 3 is 2.40 bits per heavy atom. The Bertz CT molecular complexity index is 943. The first-order chi connectivity index (χ1) is 14.6. The van der Waals surface area contributed by atoms with Gasteiger partial charge in [-0.05, 0) is 54.0 Å². The van der Waals surface area contributed by atoms with Crippen molar-refractivity contribution in [1.29, 1.82) is 0 Å². The Balaban J connectivity index is 1.61. The fourth-order valence-electron chi connectivity index (χ4n) is 4.92. The zero-order valence-electron chi connectivity index (χ0n) is 17.8. The van der Waals surface area contributed by atoms with Gasteiger partial charge < -0.3 is 9.80 Å². The molecule has 1 saturated heterocycles. The van der Waals surface area contributed by atoms with E-state index < -0.39 is 5.41 Å². The molecule has 0 saturated carbocycles. The van der Waals surface area contributed by atoms with Gasteiger partial charge in [-0.2, -0.15) is 0 Å². The largest absolute Gasteiger partial charge is 0.339 e. The molecule has 0 unspecified atom stereocenters. The van der Waals surface area contributed by atoms with Crippen LogP contribution in [0.3, 0.4) is 0 Å². The minimum absolute atomic E-state index is 0.0530. The molecule has 30 heavy (non-hydrogen) atoms. The molecule has 2 heterocycles. The number of carbonyl (C=O) groups excluding carboxylic acids is 2. The summed E-state index contributed by atoms with van der Waals surface area (Å²) in [5, 5.41) is 0. The van der Waals surface area contributed by atoms with Crippen molar-refractivity contribution in [2.45, 2.75) is 44.6 Å². The first-order valence-corrected chi connectivity index (χ1v) is 10.9. The Labute approximate surface area is 179 Å². The third-order valence-corrected chi connectivity index (χ3v) is 6.82. The van der Waals surface area contributed by atoms with Gasteiger partial charge in [0.05, 0.1) is 5.41 Å². The molecule has 156 valence electrons. The summed E-state index contributed by atoms with van der Waals surface area (Å²) < 4.78 is 0. The highest BCUT2D eigenvalue weighted by Crippen LogP contribution is 2.38. The van der Waals surface area contributed by atoms with Crippen molar-refractivity contribution in [1.82, 2.24) is 9.80 Å². The number of hydrogen-bond donors (Lipinski definition) is 0. The van der Waals surface area contributed by atoms with Crippen LogP contribution in [0.4, 0.5) is 0 Å². The molecule has 2 aliphatic rings. The summed E-state index contributed by atoms with van der Waals surface area (Å²) >= 11 is 0. The minimum Gasteiger partial charge on any atom is -0.339 e. The number of piperidine rings is 1. The van der Waals surface area contributed by atoms with E-state index in [9.17, 15) is 9.59 Å². The maximum atomic E-state index is 14.0. The SMILES string of the molecule is C=CC(=O)N1CCC(C(=O)N2CCc3cc(CC)ccc3C2)(c2ccccc2)CC1. The van der Waals surface area contributed by atoms with Crippen molar-refractivity contribution in [3.63, 3.8) is 0 Å². The minimum atomic E-state index is -0.569. The van der Waals surface area contributed by atoms with Crippen LogP contribution < -0.4 is 0 Å². The summed E-state index contributed by atoms with van der Waals surface area (Å²) in [7, 11) is 0. The van der Waals surface area contributed by atoms with E-state index in [1.165, 1.54) is 22.8 Å². The molecule has 4 heteroatoms. The van der Waals surface area contributed by atoms with Crippen molar-refractivity contribution in [2.24, 2.45) is 0 Å². The van der Waals surface area contributed by atoms with Crippen LogP contribution in [0, 0.1) is 0 Å². The van der Waals surface area contributed by atoms with Gasteiger partial charge in [0.15, 0.2) is 0 Å². The molecule has 1 fully saturated rings. The molecule has 0 bridgehead atoms. The number of aryl methyl sites for hydroxylation is 1. The molecule has 0 radical (unpaired) electrons. The Morgan fingerprint density at radius 2 is 1.73 bits per heavy atom. The van der Waals surface area contributed by atoms with Crippen LogP contribution in [0.25, 0.3) is 0 Å². The predicted octanol–water partition coefficient (Wildman–Crippen LogP) is 3.88. The molecule has 2 aromatic rings. The predicted molar refractivity (Wildman–Crippen MR) is 119 cm³/mol. The molecular weight excluding hydrogens is 372 g/mol. The second-order valence-electron chi connectivity index (χ2n) is 8.41. The van der Waals surface area contributed by atoms with Crippen LogP contribution in [-0.2, 0) is 34.4 Å². The molecule has 0 aliphatic carbocycles. The van der Waals surface area contributed by atoms with Crippen LogP contribution in [0.5, 0.6) is 0 Å². The first-order valence-electron chi connectivity index (χ1n) is 10.9. The quantitative estimate of drug-likeness (QED) is 0.728. The number of rotatable bonds is 4. The summed E-state index contributed by atoms with van der Waals surface area (Å²) in [6.07, 6.45) is 4.60. The smallest absolute Gasteiger partial charge is 0.245 e. The summed E-state index contributed by atoms with van der Waals surface area (Å²) in [5.74, 6) is 0.146. The number of likely N-dealkylation sites (tertiary alicyclic amines) is 1. The third kappa shape index (κ3) is 3.67. The van der Waals surface area contributed by atoms with Gasteiger partial charge in [0.2, 0.25) is 11.8 Å². The van der Waals surface area contributed by atoms with E-state index in [2.05, 4.69) is 43.8 Å². The lowest BCUT2D eigenvalue weighted by Crippen LogP contribution is -2.54. The van der Waals surface area contributed by atoms with Crippen LogP contribution in [0.15, 0.2) is 61.2 Å². The van der Waals surface area contributed by atoms with Crippen LogP contribution in [-0.4, -0.2) is 41.2 Å². The molecule has 4 nitrogen and oxygen atoms in total. The number of nitrogens with zero attached hydrogens (tertiary/aromatic N) is 2. The van der Waals surface area contributed by atoms with E-state index in [1.807, 2.05) is 23.1 Å². The Kier molecular flexibility index (Phi) is 5.76. The molecule has 2 aliphatic heterocycles. The highest BCUT2D eigenvalue weighted by atomic mass is 16.2. The zero-order valence-corrected chi connectivity index (χ0v) is 17.8. The highest BCUT2D eigenvalue weighted by molar-refractivity contribution is 5.90. The molecule has 0 aromatic heterocycles. The van der Waals surface area contributed by atoms with Gasteiger partial charge in [0.1, 0.15) is 0 Å². The van der Waals surface area contributed by atoms with E-state index in [0.29, 0.717) is 32.5 Å². The maximum Gasteiger partial charge on any atom is 0.245 e. The van der Waals surface area contributed by atoms with E-state index in [-0.39, 0.29) is 11.8 Å². The zero-order chi connectivity index (χ0) is 21.1. The Morgan fingerprint density at radius 1 is 1.00 bits per heavy atom. The van der Waals surface area contributed by atoms with Gasteiger partial charge in [-0.1, -0.05) is 62.0 Å². The average Bonchev–Trinajstić information content (AvgIpc) is 2.83. The number of fused-ring (bicyclic) bond motifs is 1. The van der Waals surface area contributed by atoms with Gasteiger partial charge in [0.25, 0.3) is 0 Å². The second-order valence-corrected chi connectivity index (χ2v) is 8.41. The summed E-state index contributed by atoms with van der Waals surface area (Å²) in [6, 6.07) is 16.8. The number of hydrogen-bond acceptors (Lipinski definition) is 2. The van der Waals surface area contributed by atoms with Crippen LogP contribution in [0.1, 0.15) is 42.0 Å². The molecule has 2 amide bonds. The van der Waals surface area contributed by atoms with Gasteiger partial charge in [0, 0.05) is 26.2 Å². The monoisotopic (exact) mass is 402 g/mol.